The number of rotatable bonds is 7. The molecule has 3 rings (SSSR count). The third kappa shape index (κ3) is 4.59. The van der Waals surface area contributed by atoms with Crippen molar-refractivity contribution in [2.45, 2.75) is 18.3 Å². The van der Waals surface area contributed by atoms with E-state index in [1.807, 2.05) is 0 Å². The Kier molecular flexibility index (Phi) is 8.08. The van der Waals surface area contributed by atoms with E-state index in [2.05, 4.69) is 15.5 Å². The standard InChI is InChI=1S/C15H17N5O6S2.Na/c1-2-26-19-8(7-5-28-15(16)17-7)11(22)18-9-12(23)20-10(14(24)25)6(3-21)4-27-13(9)20;/h5,9,13,21H,2-4H2,1H3,(H2,16,17)(H,18,22)(H,24,25);/q;+1/p-1/b19-8-;/t9-,13+;/m1./s1. The number of nitrogens with one attached hydrogen (secondary N) is 1. The number of aliphatic hydroxyl groups excluding tert-OH is 1. The molecule has 4 N–H and O–H groups in total. The van der Waals surface area contributed by atoms with Gasteiger partial charge in [0, 0.05) is 11.1 Å². The molecule has 1 aromatic rings. The van der Waals surface area contributed by atoms with E-state index in [-0.39, 0.29) is 69.7 Å². The Hall–Kier alpha value is -1.64. The summed E-state index contributed by atoms with van der Waals surface area (Å²) in [5, 5.41) is 28.1. The molecule has 0 aromatic carbocycles. The molecular weight excluding hydrogens is 433 g/mol. The number of nitrogens with two attached hydrogens (primary N) is 1. The van der Waals surface area contributed by atoms with Gasteiger partial charge in [-0.1, -0.05) is 5.16 Å². The summed E-state index contributed by atoms with van der Waals surface area (Å²) < 4.78 is 0. The van der Waals surface area contributed by atoms with Crippen molar-refractivity contribution in [3.63, 3.8) is 0 Å². The Labute approximate surface area is 195 Å². The van der Waals surface area contributed by atoms with Gasteiger partial charge in [-0.2, -0.15) is 0 Å². The summed E-state index contributed by atoms with van der Waals surface area (Å²) in [4.78, 5) is 46.5. The summed E-state index contributed by atoms with van der Waals surface area (Å²) in [6.45, 7) is 1.40. The number of oxime groups is 1. The van der Waals surface area contributed by atoms with Crippen LogP contribution in [0.3, 0.4) is 0 Å². The predicted molar refractivity (Wildman–Crippen MR) is 98.8 cm³/mol. The van der Waals surface area contributed by atoms with Gasteiger partial charge in [-0.25, -0.2) is 4.98 Å². The van der Waals surface area contributed by atoms with Crippen LogP contribution in [0.15, 0.2) is 21.8 Å². The van der Waals surface area contributed by atoms with Crippen molar-refractivity contribution in [2.24, 2.45) is 5.16 Å². The van der Waals surface area contributed by atoms with Crippen molar-refractivity contribution in [3.05, 3.63) is 22.3 Å². The number of nitrogen functional groups attached to an aromatic ring is 1. The Morgan fingerprint density at radius 2 is 2.28 bits per heavy atom. The maximum atomic E-state index is 12.7. The number of thiazole rings is 1. The minimum Gasteiger partial charge on any atom is -0.543 e. The molecule has 3 heterocycles. The van der Waals surface area contributed by atoms with Crippen LogP contribution in [0.2, 0.25) is 0 Å². The number of carbonyl (C=O) groups excluding carboxylic acids is 3. The van der Waals surface area contributed by atoms with Crippen LogP contribution in [0.4, 0.5) is 5.13 Å². The van der Waals surface area contributed by atoms with Crippen molar-refractivity contribution in [1.29, 1.82) is 0 Å². The molecule has 1 saturated heterocycles. The van der Waals surface area contributed by atoms with Gasteiger partial charge in [0.15, 0.2) is 10.8 Å². The molecular formula is C15H16N5NaO6S2. The number of aromatic nitrogens is 1. The minimum atomic E-state index is -1.55. The fourth-order valence-electron chi connectivity index (χ4n) is 2.73. The molecule has 14 heteroatoms. The molecule has 2 atom stereocenters. The zero-order valence-electron chi connectivity index (χ0n) is 15.6. The number of amides is 2. The Morgan fingerprint density at radius 1 is 1.55 bits per heavy atom. The molecule has 11 nitrogen and oxygen atoms in total. The number of hydrogen-bond acceptors (Lipinski definition) is 11. The number of aliphatic hydroxyl groups is 1. The Bertz CT molecular complexity index is 888. The Balaban J connectivity index is 0.00000300. The van der Waals surface area contributed by atoms with Crippen LogP contribution in [0.25, 0.3) is 0 Å². The first-order chi connectivity index (χ1) is 13.4. The fourth-order valence-corrected chi connectivity index (χ4v) is 4.62. The van der Waals surface area contributed by atoms with E-state index in [0.29, 0.717) is 0 Å². The molecule has 29 heavy (non-hydrogen) atoms. The van der Waals surface area contributed by atoms with Crippen molar-refractivity contribution < 1.29 is 59.0 Å². The smallest absolute Gasteiger partial charge is 0.543 e. The molecule has 1 aromatic heterocycles. The van der Waals surface area contributed by atoms with E-state index < -0.39 is 35.8 Å². The fraction of sp³-hybridized carbons (Fsp3) is 0.400. The third-order valence-corrected chi connectivity index (χ3v) is 6.00. The predicted octanol–water partition coefficient (Wildman–Crippen LogP) is -5.13. The SMILES string of the molecule is CCO/N=C(\C(=O)N[C@@H]1C(=O)N2C(C(=O)[O-])=C(CO)CS[C@@H]12)c1csc(N)n1.[Na+]. The van der Waals surface area contributed by atoms with Crippen molar-refractivity contribution in [2.75, 3.05) is 24.7 Å². The summed E-state index contributed by atoms with van der Waals surface area (Å²) >= 11 is 2.34. The molecule has 2 amide bonds. The maximum Gasteiger partial charge on any atom is 1.00 e. The zero-order valence-corrected chi connectivity index (χ0v) is 19.2. The van der Waals surface area contributed by atoms with Gasteiger partial charge in [0.25, 0.3) is 11.8 Å². The number of aliphatic carboxylic acids is 1. The van der Waals surface area contributed by atoms with E-state index in [4.69, 9.17) is 10.6 Å². The van der Waals surface area contributed by atoms with E-state index >= 15 is 0 Å². The van der Waals surface area contributed by atoms with E-state index in [1.165, 1.54) is 17.1 Å². The van der Waals surface area contributed by atoms with E-state index in [0.717, 1.165) is 16.2 Å². The van der Waals surface area contributed by atoms with Gasteiger partial charge in [0.2, 0.25) is 0 Å². The second kappa shape index (κ2) is 9.91. The van der Waals surface area contributed by atoms with Gasteiger partial charge >= 0.3 is 29.6 Å². The van der Waals surface area contributed by atoms with Gasteiger partial charge in [0.1, 0.15) is 23.7 Å². The van der Waals surface area contributed by atoms with Crippen LogP contribution in [-0.4, -0.2) is 68.9 Å². The van der Waals surface area contributed by atoms with Crippen LogP contribution in [0, 0.1) is 0 Å². The number of nitrogens with zero attached hydrogens (tertiary/aromatic N) is 3. The normalized spacial score (nSPS) is 21.1. The van der Waals surface area contributed by atoms with Crippen LogP contribution in [-0.2, 0) is 19.2 Å². The monoisotopic (exact) mass is 449 g/mol. The van der Waals surface area contributed by atoms with Crippen LogP contribution < -0.4 is 45.7 Å². The molecule has 150 valence electrons. The van der Waals surface area contributed by atoms with Gasteiger partial charge in [-0.3, -0.25) is 14.5 Å². The second-order valence-electron chi connectivity index (χ2n) is 5.69. The van der Waals surface area contributed by atoms with Crippen LogP contribution in [0.5, 0.6) is 0 Å². The summed E-state index contributed by atoms with van der Waals surface area (Å²) in [5.41, 5.74) is 5.49. The van der Waals surface area contributed by atoms with Gasteiger partial charge in [-0.05, 0) is 12.5 Å². The number of carboxylic acid groups (broad SMARTS) is 1. The molecule has 0 spiro atoms. The average molecular weight is 449 g/mol. The largest absolute Gasteiger partial charge is 1.00 e. The van der Waals surface area contributed by atoms with E-state index in [9.17, 15) is 24.6 Å². The van der Waals surface area contributed by atoms with Crippen molar-refractivity contribution >= 4 is 51.7 Å². The van der Waals surface area contributed by atoms with Gasteiger partial charge < -0.3 is 30.9 Å². The van der Waals surface area contributed by atoms with Crippen molar-refractivity contribution in [1.82, 2.24) is 15.2 Å². The first kappa shape index (κ1) is 23.6. The quantitative estimate of drug-likeness (QED) is 0.159. The first-order valence-corrected chi connectivity index (χ1v) is 10.0. The number of carbonyl (C=O) groups is 3. The number of carboxylic acids is 1. The Morgan fingerprint density at radius 3 is 2.83 bits per heavy atom. The third-order valence-electron chi connectivity index (χ3n) is 3.98. The molecule has 0 saturated carbocycles. The summed E-state index contributed by atoms with van der Waals surface area (Å²) in [6.07, 6.45) is 0. The van der Waals surface area contributed by atoms with Gasteiger partial charge in [-0.15, -0.1) is 23.1 Å². The molecule has 0 unspecified atom stereocenters. The van der Waals surface area contributed by atoms with Crippen LogP contribution in [0.1, 0.15) is 12.6 Å². The van der Waals surface area contributed by atoms with Crippen LogP contribution >= 0.6 is 23.1 Å². The maximum absolute atomic E-state index is 12.7. The number of anilines is 1. The van der Waals surface area contributed by atoms with Gasteiger partial charge in [0.05, 0.1) is 18.3 Å². The molecule has 2 aliphatic heterocycles. The summed E-state index contributed by atoms with van der Waals surface area (Å²) in [6, 6.07) is -0.963. The average Bonchev–Trinajstić information content (AvgIpc) is 3.10. The number of β-lactam (4-membered cyclic amide) rings is 1. The zero-order chi connectivity index (χ0) is 20.4. The molecule has 1 fully saturated rings. The molecule has 0 aliphatic carbocycles. The number of fused-ring (bicyclic) bond motifs is 1. The second-order valence-corrected chi connectivity index (χ2v) is 7.68. The summed E-state index contributed by atoms with van der Waals surface area (Å²) in [5.74, 6) is -2.68. The number of hydrogen-bond donors (Lipinski definition) is 3. The van der Waals surface area contributed by atoms with Crippen molar-refractivity contribution in [3.8, 4) is 0 Å². The topological polar surface area (TPSA) is 170 Å². The molecule has 2 aliphatic rings. The first-order valence-electron chi connectivity index (χ1n) is 8.10. The molecule has 0 bridgehead atoms. The van der Waals surface area contributed by atoms with E-state index in [1.54, 1.807) is 6.92 Å². The minimum absolute atomic E-state index is 0. The molecule has 0 radical (unpaired) electrons. The number of thioether (sulfide) groups is 1. The summed E-state index contributed by atoms with van der Waals surface area (Å²) in [7, 11) is 0.